The van der Waals surface area contributed by atoms with Crippen molar-refractivity contribution >= 4 is 17.5 Å². The number of rotatable bonds is 8. The minimum Gasteiger partial charge on any atom is -0.477 e. The van der Waals surface area contributed by atoms with Gasteiger partial charge in [-0.15, -0.1) is 0 Å². The number of benzene rings is 1. The number of carbonyl (C=O) groups is 1. The van der Waals surface area contributed by atoms with E-state index >= 15 is 0 Å². The lowest BCUT2D eigenvalue weighted by Gasteiger charge is -2.26. The van der Waals surface area contributed by atoms with Crippen molar-refractivity contribution in [2.75, 3.05) is 6.61 Å². The van der Waals surface area contributed by atoms with Crippen LogP contribution in [0.1, 0.15) is 33.3 Å². The van der Waals surface area contributed by atoms with E-state index in [4.69, 9.17) is 16.3 Å². The number of nitrogens with zero attached hydrogens (tertiary/aromatic N) is 3. The van der Waals surface area contributed by atoms with Gasteiger partial charge in [-0.05, 0) is 43.5 Å². The van der Waals surface area contributed by atoms with E-state index in [-0.39, 0.29) is 23.2 Å². The molecule has 2 N–H and O–H groups in total. The highest BCUT2D eigenvalue weighted by Crippen LogP contribution is 2.37. The van der Waals surface area contributed by atoms with Gasteiger partial charge in [0, 0.05) is 29.9 Å². The number of ether oxygens (including phenoxy) is 1. The van der Waals surface area contributed by atoms with Crippen LogP contribution in [0.5, 0.6) is 5.88 Å². The van der Waals surface area contributed by atoms with Crippen LogP contribution < -0.4 is 15.7 Å². The van der Waals surface area contributed by atoms with Crippen LogP contribution in [0, 0.1) is 11.3 Å². The van der Waals surface area contributed by atoms with Crippen molar-refractivity contribution in [2.24, 2.45) is 11.3 Å². The summed E-state index contributed by atoms with van der Waals surface area (Å²) in [6.07, 6.45) is -3.23. The van der Waals surface area contributed by atoms with Gasteiger partial charge >= 0.3 is 11.9 Å². The summed E-state index contributed by atoms with van der Waals surface area (Å²) in [6, 6.07) is 7.87. The second-order valence-electron chi connectivity index (χ2n) is 9.04. The summed E-state index contributed by atoms with van der Waals surface area (Å²) in [6.45, 7) is 5.95. The highest BCUT2D eigenvalue weighted by molar-refractivity contribution is 6.33. The van der Waals surface area contributed by atoms with Gasteiger partial charge in [0.25, 0.3) is 0 Å². The SMILES string of the molecule is CC(C)COc1ccc(-c2nc(-c3cc(CNC(=O)C(C)(C)C(F)(F)F)ccc3Cl)[nH]c(=O)n2)cn1. The number of aromatic amines is 1. The molecule has 0 radical (unpaired) electrons. The van der Waals surface area contributed by atoms with Crippen molar-refractivity contribution in [3.8, 4) is 28.7 Å². The lowest BCUT2D eigenvalue weighted by atomic mass is 9.91. The van der Waals surface area contributed by atoms with Gasteiger partial charge in [-0.25, -0.2) is 14.8 Å². The Morgan fingerprint density at radius 1 is 1.17 bits per heavy atom. The molecule has 12 heteroatoms. The molecule has 192 valence electrons. The van der Waals surface area contributed by atoms with Crippen molar-refractivity contribution in [2.45, 2.75) is 40.4 Å². The molecule has 0 aliphatic heterocycles. The molecule has 0 bridgehead atoms. The number of hydrogen-bond donors (Lipinski definition) is 2. The van der Waals surface area contributed by atoms with Crippen LogP contribution in [0.4, 0.5) is 13.2 Å². The fourth-order valence-electron chi connectivity index (χ4n) is 2.89. The maximum atomic E-state index is 13.1. The molecule has 0 saturated carbocycles. The van der Waals surface area contributed by atoms with Gasteiger partial charge in [0.1, 0.15) is 11.2 Å². The molecule has 8 nitrogen and oxygen atoms in total. The maximum Gasteiger partial charge on any atom is 0.402 e. The summed E-state index contributed by atoms with van der Waals surface area (Å²) in [5.74, 6) is -0.228. The molecule has 3 rings (SSSR count). The van der Waals surface area contributed by atoms with Gasteiger partial charge in [0.2, 0.25) is 11.8 Å². The van der Waals surface area contributed by atoms with E-state index in [9.17, 15) is 22.8 Å². The van der Waals surface area contributed by atoms with Gasteiger partial charge < -0.3 is 10.1 Å². The summed E-state index contributed by atoms with van der Waals surface area (Å²) >= 11 is 6.31. The summed E-state index contributed by atoms with van der Waals surface area (Å²) < 4.78 is 44.9. The minimum atomic E-state index is -4.70. The molecule has 3 aromatic rings. The predicted molar refractivity (Wildman–Crippen MR) is 128 cm³/mol. The summed E-state index contributed by atoms with van der Waals surface area (Å²) in [5.41, 5.74) is -2.01. The number of aromatic nitrogens is 4. The molecule has 2 heterocycles. The molecule has 0 aliphatic carbocycles. The Labute approximate surface area is 210 Å². The first-order chi connectivity index (χ1) is 16.8. The highest BCUT2D eigenvalue weighted by Gasteiger charge is 2.52. The average Bonchev–Trinajstić information content (AvgIpc) is 2.81. The number of pyridine rings is 1. The lowest BCUT2D eigenvalue weighted by molar-refractivity contribution is -0.211. The molecular formula is C24H25ClF3N5O3. The predicted octanol–water partition coefficient (Wildman–Crippen LogP) is 4.79. The number of alkyl halides is 3. The first kappa shape index (κ1) is 27.1. The summed E-state index contributed by atoms with van der Waals surface area (Å²) in [5, 5.41) is 2.52. The molecule has 1 aromatic carbocycles. The topological polar surface area (TPSA) is 110 Å². The Kier molecular flexibility index (Phi) is 8.02. The number of hydrogen-bond acceptors (Lipinski definition) is 6. The molecule has 0 saturated heterocycles. The highest BCUT2D eigenvalue weighted by atomic mass is 35.5. The number of amides is 1. The third-order valence-corrected chi connectivity index (χ3v) is 5.55. The Morgan fingerprint density at radius 3 is 2.50 bits per heavy atom. The van der Waals surface area contributed by atoms with E-state index in [1.165, 1.54) is 18.3 Å². The first-order valence-corrected chi connectivity index (χ1v) is 11.4. The molecule has 1 amide bonds. The van der Waals surface area contributed by atoms with E-state index in [1.807, 2.05) is 13.8 Å². The monoisotopic (exact) mass is 523 g/mol. The molecule has 2 aromatic heterocycles. The Balaban J connectivity index is 1.85. The van der Waals surface area contributed by atoms with Crippen LogP contribution in [0.3, 0.4) is 0 Å². The normalized spacial score (nSPS) is 12.0. The van der Waals surface area contributed by atoms with Crippen LogP contribution in [0.2, 0.25) is 5.02 Å². The van der Waals surface area contributed by atoms with Crippen LogP contribution in [-0.2, 0) is 11.3 Å². The van der Waals surface area contributed by atoms with E-state index in [0.29, 0.717) is 35.1 Å². The van der Waals surface area contributed by atoms with Crippen LogP contribution in [0.15, 0.2) is 41.3 Å². The molecule has 36 heavy (non-hydrogen) atoms. The number of H-pyrrole nitrogens is 1. The van der Waals surface area contributed by atoms with E-state index in [1.54, 1.807) is 18.2 Å². The van der Waals surface area contributed by atoms with E-state index < -0.39 is 23.2 Å². The number of carbonyl (C=O) groups excluding carboxylic acids is 1. The summed E-state index contributed by atoms with van der Waals surface area (Å²) in [4.78, 5) is 39.4. The third-order valence-electron chi connectivity index (χ3n) is 5.22. The van der Waals surface area contributed by atoms with Crippen molar-refractivity contribution in [3.63, 3.8) is 0 Å². The Morgan fingerprint density at radius 2 is 1.89 bits per heavy atom. The fraction of sp³-hybridized carbons (Fsp3) is 0.375. The van der Waals surface area contributed by atoms with Crippen LogP contribution >= 0.6 is 11.6 Å². The number of nitrogens with one attached hydrogen (secondary N) is 2. The van der Waals surface area contributed by atoms with Gasteiger partial charge in [-0.1, -0.05) is 31.5 Å². The van der Waals surface area contributed by atoms with Crippen LogP contribution in [0.25, 0.3) is 22.8 Å². The van der Waals surface area contributed by atoms with E-state index in [0.717, 1.165) is 13.8 Å². The second kappa shape index (κ2) is 10.7. The number of halogens is 4. The van der Waals surface area contributed by atoms with Gasteiger partial charge in [0.15, 0.2) is 5.82 Å². The Hall–Kier alpha value is -3.47. The van der Waals surface area contributed by atoms with Crippen molar-refractivity contribution in [3.05, 3.63) is 57.6 Å². The lowest BCUT2D eigenvalue weighted by Crippen LogP contribution is -2.46. The zero-order valence-corrected chi connectivity index (χ0v) is 20.8. The van der Waals surface area contributed by atoms with E-state index in [2.05, 4.69) is 25.3 Å². The minimum absolute atomic E-state index is 0.0957. The molecule has 0 aliphatic rings. The maximum absolute atomic E-state index is 13.1. The first-order valence-electron chi connectivity index (χ1n) is 11.0. The molecular weight excluding hydrogens is 499 g/mol. The zero-order valence-electron chi connectivity index (χ0n) is 20.0. The molecule has 0 atom stereocenters. The van der Waals surface area contributed by atoms with Gasteiger partial charge in [-0.3, -0.25) is 9.78 Å². The van der Waals surface area contributed by atoms with Gasteiger partial charge in [-0.2, -0.15) is 18.2 Å². The van der Waals surface area contributed by atoms with Crippen molar-refractivity contribution in [1.29, 1.82) is 0 Å². The average molecular weight is 524 g/mol. The second-order valence-corrected chi connectivity index (χ2v) is 9.44. The quantitative estimate of drug-likeness (QED) is 0.439. The standard InChI is InChI=1S/C24H25ClF3N5O3/c1-13(2)12-36-18-8-6-15(11-29-18)19-31-20(33-22(35)32-19)16-9-14(5-7-17(16)25)10-30-21(34)23(3,4)24(26,27)28/h5-9,11,13H,10,12H2,1-4H3,(H,30,34)(H,31,32,33,35). The largest absolute Gasteiger partial charge is 0.477 e. The fourth-order valence-corrected chi connectivity index (χ4v) is 3.09. The zero-order chi connectivity index (χ0) is 26.7. The van der Waals surface area contributed by atoms with Crippen LogP contribution in [-0.4, -0.2) is 38.6 Å². The third kappa shape index (κ3) is 6.39. The Bertz CT molecular complexity index is 1290. The molecule has 0 unspecified atom stereocenters. The van der Waals surface area contributed by atoms with Crippen molar-refractivity contribution < 1.29 is 22.7 Å². The van der Waals surface area contributed by atoms with Crippen molar-refractivity contribution in [1.82, 2.24) is 25.3 Å². The molecule has 0 fully saturated rings. The molecule has 0 spiro atoms. The summed E-state index contributed by atoms with van der Waals surface area (Å²) in [7, 11) is 0. The van der Waals surface area contributed by atoms with Gasteiger partial charge in [0.05, 0.1) is 11.6 Å². The smallest absolute Gasteiger partial charge is 0.402 e.